The van der Waals surface area contributed by atoms with Crippen molar-refractivity contribution in [1.82, 2.24) is 0 Å². The monoisotopic (exact) mass is 622 g/mol. The van der Waals surface area contributed by atoms with Gasteiger partial charge in [0.05, 0.1) is 5.41 Å². The summed E-state index contributed by atoms with van der Waals surface area (Å²) in [5, 5.41) is 5.23. The lowest BCUT2D eigenvalue weighted by Gasteiger charge is -2.35. The molecule has 0 saturated carbocycles. The highest BCUT2D eigenvalue weighted by molar-refractivity contribution is 6.19. The van der Waals surface area contributed by atoms with Crippen molar-refractivity contribution >= 4 is 27.6 Å². The van der Waals surface area contributed by atoms with Gasteiger partial charge in [0.15, 0.2) is 0 Å². The number of hydrogen-bond acceptors (Lipinski definition) is 0. The average Bonchev–Trinajstić information content (AvgIpc) is 3.50. The summed E-state index contributed by atoms with van der Waals surface area (Å²) in [6.07, 6.45) is 6.84. The molecule has 10 rings (SSSR count). The number of hydrogen-bond donors (Lipinski definition) is 0. The molecule has 0 radical (unpaired) electrons. The van der Waals surface area contributed by atoms with Crippen molar-refractivity contribution in [3.05, 3.63) is 209 Å². The molecule has 0 N–H and O–H groups in total. The maximum Gasteiger partial charge on any atom is 0.0720 e. The smallest absolute Gasteiger partial charge is 0.0720 e. The van der Waals surface area contributed by atoms with E-state index in [0.717, 1.165) is 12.8 Å². The highest BCUT2D eigenvalue weighted by Crippen LogP contribution is 2.60. The van der Waals surface area contributed by atoms with Crippen LogP contribution in [0.4, 0.5) is 0 Å². The van der Waals surface area contributed by atoms with E-state index in [1.54, 1.807) is 0 Å². The molecule has 0 atom stereocenters. The Morgan fingerprint density at radius 3 is 1.67 bits per heavy atom. The third-order valence-electron chi connectivity index (χ3n) is 11.0. The minimum absolute atomic E-state index is 0.507. The molecule has 0 heteroatoms. The molecule has 230 valence electrons. The molecule has 0 aliphatic heterocycles. The van der Waals surface area contributed by atoms with E-state index in [2.05, 4.69) is 182 Å². The van der Waals surface area contributed by atoms with Crippen LogP contribution in [0, 0.1) is 0 Å². The molecular formula is C49H34. The van der Waals surface area contributed by atoms with Crippen LogP contribution < -0.4 is 0 Å². The quantitative estimate of drug-likeness (QED) is 0.171. The van der Waals surface area contributed by atoms with Crippen molar-refractivity contribution in [3.8, 4) is 33.4 Å². The Kier molecular flexibility index (Phi) is 6.33. The normalized spacial score (nSPS) is 14.0. The largest absolute Gasteiger partial charge is 0.0836 e. The fourth-order valence-corrected chi connectivity index (χ4v) is 9.02. The van der Waals surface area contributed by atoms with Gasteiger partial charge < -0.3 is 0 Å². The van der Waals surface area contributed by atoms with Crippen LogP contribution in [0.2, 0.25) is 0 Å². The van der Waals surface area contributed by atoms with Gasteiger partial charge in [-0.15, -0.1) is 0 Å². The lowest BCUT2D eigenvalue weighted by atomic mass is 9.66. The summed E-state index contributed by atoms with van der Waals surface area (Å²) in [6.45, 7) is 0. The van der Waals surface area contributed by atoms with Gasteiger partial charge in [-0.05, 0) is 107 Å². The Balaban J connectivity index is 1.33. The summed E-state index contributed by atoms with van der Waals surface area (Å²) in [7, 11) is 0. The van der Waals surface area contributed by atoms with Gasteiger partial charge in [0.2, 0.25) is 0 Å². The molecule has 0 saturated heterocycles. The fraction of sp³-hybridized carbons (Fsp3) is 0.0612. The molecule has 2 aliphatic rings. The van der Waals surface area contributed by atoms with E-state index in [0.29, 0.717) is 0 Å². The molecule has 0 unspecified atom stereocenters. The van der Waals surface area contributed by atoms with Gasteiger partial charge in [-0.3, -0.25) is 0 Å². The van der Waals surface area contributed by atoms with Crippen LogP contribution >= 0.6 is 0 Å². The van der Waals surface area contributed by atoms with Crippen LogP contribution in [-0.2, 0) is 11.8 Å². The second-order valence-electron chi connectivity index (χ2n) is 13.4. The molecule has 0 bridgehead atoms. The van der Waals surface area contributed by atoms with Crippen molar-refractivity contribution in [2.45, 2.75) is 18.3 Å². The van der Waals surface area contributed by atoms with Crippen molar-refractivity contribution < 1.29 is 0 Å². The molecule has 0 aromatic heterocycles. The van der Waals surface area contributed by atoms with Gasteiger partial charge in [-0.1, -0.05) is 176 Å². The lowest BCUT2D eigenvalue weighted by molar-refractivity contribution is 0.776. The minimum Gasteiger partial charge on any atom is -0.0836 e. The first-order chi connectivity index (χ1) is 24.3. The van der Waals surface area contributed by atoms with Crippen molar-refractivity contribution in [1.29, 1.82) is 0 Å². The Labute approximate surface area is 287 Å². The molecule has 2 aliphatic carbocycles. The van der Waals surface area contributed by atoms with Crippen molar-refractivity contribution in [3.63, 3.8) is 0 Å². The molecule has 49 heavy (non-hydrogen) atoms. The first-order valence-electron chi connectivity index (χ1n) is 17.4. The van der Waals surface area contributed by atoms with Gasteiger partial charge >= 0.3 is 0 Å². The van der Waals surface area contributed by atoms with E-state index in [1.807, 2.05) is 0 Å². The number of fused-ring (bicyclic) bond motifs is 9. The fourth-order valence-electron chi connectivity index (χ4n) is 9.02. The summed E-state index contributed by atoms with van der Waals surface area (Å²) in [4.78, 5) is 0. The molecule has 0 nitrogen and oxygen atoms in total. The SMILES string of the molecule is C1=Cc2c(-c3ccc4c(c3)C(c3ccccc3)(c3ccccc3)c3c-4c4ccccc4c4ccccc34)ccc(-c3ccccc3)c2CC1. The van der Waals surface area contributed by atoms with E-state index in [-0.39, 0.29) is 0 Å². The van der Waals surface area contributed by atoms with Crippen LogP contribution in [0.3, 0.4) is 0 Å². The van der Waals surface area contributed by atoms with Crippen LogP contribution in [0.25, 0.3) is 61.0 Å². The van der Waals surface area contributed by atoms with Crippen LogP contribution in [0.15, 0.2) is 176 Å². The van der Waals surface area contributed by atoms with Gasteiger partial charge in [0, 0.05) is 0 Å². The third kappa shape index (κ3) is 4.04. The van der Waals surface area contributed by atoms with E-state index in [1.165, 1.54) is 88.3 Å². The minimum atomic E-state index is -0.507. The molecule has 0 heterocycles. The zero-order valence-corrected chi connectivity index (χ0v) is 27.2. The summed E-state index contributed by atoms with van der Waals surface area (Å²) in [5.74, 6) is 0. The second-order valence-corrected chi connectivity index (χ2v) is 13.4. The van der Waals surface area contributed by atoms with Gasteiger partial charge in [-0.2, -0.15) is 0 Å². The van der Waals surface area contributed by atoms with E-state index >= 15 is 0 Å². The Morgan fingerprint density at radius 1 is 0.429 bits per heavy atom. The Bertz CT molecular complexity index is 2530. The maximum absolute atomic E-state index is 2.53. The summed E-state index contributed by atoms with van der Waals surface area (Å²) in [6, 6.07) is 63.4. The molecule has 0 fully saturated rings. The number of rotatable bonds is 4. The lowest BCUT2D eigenvalue weighted by Crippen LogP contribution is -2.29. The zero-order valence-electron chi connectivity index (χ0n) is 27.2. The third-order valence-corrected chi connectivity index (χ3v) is 11.0. The molecule has 0 spiro atoms. The van der Waals surface area contributed by atoms with Crippen LogP contribution in [0.5, 0.6) is 0 Å². The summed E-state index contributed by atoms with van der Waals surface area (Å²) in [5.41, 5.74) is 15.5. The van der Waals surface area contributed by atoms with Crippen LogP contribution in [-0.4, -0.2) is 0 Å². The summed E-state index contributed by atoms with van der Waals surface area (Å²) >= 11 is 0. The first kappa shape index (κ1) is 28.1. The first-order valence-corrected chi connectivity index (χ1v) is 17.4. The summed E-state index contributed by atoms with van der Waals surface area (Å²) < 4.78 is 0. The van der Waals surface area contributed by atoms with Crippen molar-refractivity contribution in [2.75, 3.05) is 0 Å². The standard InChI is InChI=1S/C49H34/c1-4-16-33(17-5-1)37-30-31-38(40-23-11-10-22-39(37)40)34-28-29-45-46(32-34)49(35-18-6-2-7-19-35,36-20-8-3-9-21-36)48-44-27-15-13-25-42(44)41-24-12-14-26-43(41)47(45)48/h1-9,11-21,23-32H,10,22H2. The molecule has 0 amide bonds. The van der Waals surface area contributed by atoms with Gasteiger partial charge in [-0.25, -0.2) is 0 Å². The van der Waals surface area contributed by atoms with E-state index in [9.17, 15) is 0 Å². The predicted molar refractivity (Wildman–Crippen MR) is 207 cm³/mol. The van der Waals surface area contributed by atoms with E-state index < -0.39 is 5.41 Å². The Hall–Kier alpha value is -5.98. The number of allylic oxidation sites excluding steroid dienone is 1. The van der Waals surface area contributed by atoms with Gasteiger partial charge in [0.1, 0.15) is 0 Å². The van der Waals surface area contributed by atoms with E-state index in [4.69, 9.17) is 0 Å². The van der Waals surface area contributed by atoms with Crippen LogP contribution in [0.1, 0.15) is 39.8 Å². The zero-order chi connectivity index (χ0) is 32.4. The maximum atomic E-state index is 2.53. The Morgan fingerprint density at radius 2 is 0.980 bits per heavy atom. The predicted octanol–water partition coefficient (Wildman–Crippen LogP) is 12.6. The van der Waals surface area contributed by atoms with Crippen molar-refractivity contribution in [2.24, 2.45) is 0 Å². The molecule has 8 aromatic carbocycles. The topological polar surface area (TPSA) is 0 Å². The molecular weight excluding hydrogens is 589 g/mol. The second kappa shape index (κ2) is 11.0. The highest BCUT2D eigenvalue weighted by Gasteiger charge is 2.48. The average molecular weight is 623 g/mol. The van der Waals surface area contributed by atoms with Gasteiger partial charge in [0.25, 0.3) is 0 Å². The molecule has 8 aromatic rings. The highest BCUT2D eigenvalue weighted by atomic mass is 14.5. The number of benzene rings is 8.